The van der Waals surface area contributed by atoms with E-state index in [1.165, 1.54) is 0 Å². The summed E-state index contributed by atoms with van der Waals surface area (Å²) in [6.07, 6.45) is 1.73. The van der Waals surface area contributed by atoms with Crippen LogP contribution in [0, 0.1) is 20.8 Å². The molecule has 35 heavy (non-hydrogen) atoms. The number of aryl methyl sites for hydroxylation is 2. The van der Waals surface area contributed by atoms with E-state index in [0.29, 0.717) is 5.11 Å². The molecule has 182 valence electrons. The number of carbonyl (C=O) groups excluding carboxylic acids is 1. The lowest BCUT2D eigenvalue weighted by Crippen LogP contribution is -2.35. The van der Waals surface area contributed by atoms with E-state index in [-0.39, 0.29) is 36.8 Å². The molecule has 8 nitrogen and oxygen atoms in total. The van der Waals surface area contributed by atoms with Crippen LogP contribution in [0.3, 0.4) is 0 Å². The summed E-state index contributed by atoms with van der Waals surface area (Å²) in [6, 6.07) is 12.3. The van der Waals surface area contributed by atoms with Crippen LogP contribution < -0.4 is 5.32 Å². The Hall–Kier alpha value is -3.72. The number of nitrogens with zero attached hydrogens (tertiary/aromatic N) is 3. The molecule has 3 aromatic rings. The maximum atomic E-state index is 12.5. The Kier molecular flexibility index (Phi) is 6.88. The monoisotopic (exact) mass is 492 g/mol. The Morgan fingerprint density at radius 3 is 2.60 bits per heavy atom. The van der Waals surface area contributed by atoms with Crippen LogP contribution in [0.15, 0.2) is 48.7 Å². The van der Waals surface area contributed by atoms with Crippen molar-refractivity contribution < 1.29 is 19.4 Å². The Balaban J connectivity index is 1.85. The van der Waals surface area contributed by atoms with Gasteiger partial charge in [-0.2, -0.15) is 0 Å². The molecule has 0 bridgehead atoms. The van der Waals surface area contributed by atoms with Crippen LogP contribution in [0.1, 0.15) is 57.6 Å². The molecule has 9 heteroatoms. The fraction of sp³-hybridized carbons (Fsp3) is 0.308. The van der Waals surface area contributed by atoms with Crippen molar-refractivity contribution in [3.8, 4) is 5.69 Å². The van der Waals surface area contributed by atoms with Crippen LogP contribution in [0.2, 0.25) is 0 Å². The highest BCUT2D eigenvalue weighted by Gasteiger charge is 2.42. The number of carboxylic acid groups (broad SMARTS) is 1. The van der Waals surface area contributed by atoms with E-state index in [1.54, 1.807) is 25.3 Å². The topological polar surface area (TPSA) is 96.7 Å². The fourth-order valence-electron chi connectivity index (χ4n) is 4.70. The molecule has 2 aromatic heterocycles. The summed E-state index contributed by atoms with van der Waals surface area (Å²) in [5, 5.41) is 13.3. The number of thiocarbonyl (C=S) groups is 1. The van der Waals surface area contributed by atoms with Crippen molar-refractivity contribution in [2.24, 2.45) is 0 Å². The van der Waals surface area contributed by atoms with Crippen molar-refractivity contribution in [3.63, 3.8) is 0 Å². The van der Waals surface area contributed by atoms with Crippen LogP contribution in [0.25, 0.3) is 5.69 Å². The summed E-state index contributed by atoms with van der Waals surface area (Å²) in [5.74, 6) is -1.34. The summed E-state index contributed by atoms with van der Waals surface area (Å²) in [5.41, 5.74) is 5.61. The number of aromatic nitrogens is 2. The lowest BCUT2D eigenvalue weighted by molar-refractivity contribution is -0.143. The third kappa shape index (κ3) is 4.64. The second-order valence-electron chi connectivity index (χ2n) is 8.53. The number of nitrogens with one attached hydrogen (secondary N) is 1. The largest absolute Gasteiger partial charge is 0.478 e. The molecule has 2 N–H and O–H groups in total. The average molecular weight is 493 g/mol. The van der Waals surface area contributed by atoms with Crippen LogP contribution in [-0.2, 0) is 9.53 Å². The van der Waals surface area contributed by atoms with Crippen LogP contribution >= 0.6 is 12.2 Å². The molecule has 2 atom stereocenters. The third-order valence-electron chi connectivity index (χ3n) is 6.29. The molecule has 1 fully saturated rings. The smallest absolute Gasteiger partial charge is 0.335 e. The first-order valence-corrected chi connectivity index (χ1v) is 11.8. The highest BCUT2D eigenvalue weighted by molar-refractivity contribution is 7.80. The third-order valence-corrected chi connectivity index (χ3v) is 6.64. The van der Waals surface area contributed by atoms with Gasteiger partial charge in [-0.1, -0.05) is 12.1 Å². The van der Waals surface area contributed by atoms with E-state index < -0.39 is 5.97 Å². The van der Waals surface area contributed by atoms with Crippen molar-refractivity contribution in [2.75, 3.05) is 13.2 Å². The van der Waals surface area contributed by atoms with Gasteiger partial charge in [0.25, 0.3) is 0 Å². The zero-order chi connectivity index (χ0) is 25.3. The fourth-order valence-corrected chi connectivity index (χ4v) is 5.01. The molecule has 0 spiro atoms. The van der Waals surface area contributed by atoms with E-state index >= 15 is 0 Å². The van der Waals surface area contributed by atoms with E-state index in [2.05, 4.69) is 20.9 Å². The van der Waals surface area contributed by atoms with Crippen molar-refractivity contribution in [1.29, 1.82) is 0 Å². The van der Waals surface area contributed by atoms with Gasteiger partial charge in [-0.05, 0) is 81.4 Å². The van der Waals surface area contributed by atoms with Crippen molar-refractivity contribution in [3.05, 3.63) is 82.4 Å². The average Bonchev–Trinajstić information content (AvgIpc) is 3.30. The minimum atomic E-state index is -0.977. The highest BCUT2D eigenvalue weighted by Crippen LogP contribution is 2.41. The van der Waals surface area contributed by atoms with E-state index in [1.807, 2.05) is 49.9 Å². The van der Waals surface area contributed by atoms with Gasteiger partial charge in [-0.3, -0.25) is 9.78 Å². The highest BCUT2D eigenvalue weighted by atomic mass is 32.1. The molecule has 0 amide bonds. The summed E-state index contributed by atoms with van der Waals surface area (Å²) in [4.78, 5) is 30.5. The second kappa shape index (κ2) is 9.87. The van der Waals surface area contributed by atoms with E-state index in [0.717, 1.165) is 33.9 Å². The molecule has 1 saturated heterocycles. The zero-order valence-electron chi connectivity index (χ0n) is 20.1. The first-order chi connectivity index (χ1) is 16.7. The number of aromatic carboxylic acids is 1. The van der Waals surface area contributed by atoms with Crippen molar-refractivity contribution in [1.82, 2.24) is 19.8 Å². The SMILES string of the molecule is CCOC(=O)CN1C(=S)NC(c2ccccn2)C1c1cc(C)n(-c2cc(C(=O)O)ccc2C)c1C. The van der Waals surface area contributed by atoms with Crippen LogP contribution in [0.5, 0.6) is 0 Å². The molecule has 2 unspecified atom stereocenters. The first kappa shape index (κ1) is 24.4. The minimum Gasteiger partial charge on any atom is -0.478 e. The number of benzene rings is 1. The number of carbonyl (C=O) groups is 2. The van der Waals surface area contributed by atoms with E-state index in [4.69, 9.17) is 17.0 Å². The number of carboxylic acids is 1. The molecular weight excluding hydrogens is 464 g/mol. The summed E-state index contributed by atoms with van der Waals surface area (Å²) in [6.45, 7) is 7.99. The van der Waals surface area contributed by atoms with Crippen molar-refractivity contribution >= 4 is 29.3 Å². The number of rotatable bonds is 7. The first-order valence-electron chi connectivity index (χ1n) is 11.4. The number of pyridine rings is 1. The molecule has 1 aliphatic rings. The molecule has 0 saturated carbocycles. The Morgan fingerprint density at radius 1 is 1.17 bits per heavy atom. The lowest BCUT2D eigenvalue weighted by Gasteiger charge is -2.27. The second-order valence-corrected chi connectivity index (χ2v) is 8.91. The molecule has 4 rings (SSSR count). The maximum Gasteiger partial charge on any atom is 0.335 e. The van der Waals surface area contributed by atoms with Gasteiger partial charge in [-0.25, -0.2) is 4.79 Å². The van der Waals surface area contributed by atoms with Gasteiger partial charge in [-0.15, -0.1) is 0 Å². The molecule has 3 heterocycles. The maximum absolute atomic E-state index is 12.5. The van der Waals surface area contributed by atoms with E-state index in [9.17, 15) is 14.7 Å². The summed E-state index contributed by atoms with van der Waals surface area (Å²) >= 11 is 5.65. The van der Waals surface area contributed by atoms with Gasteiger partial charge >= 0.3 is 11.9 Å². The van der Waals surface area contributed by atoms with Gasteiger partial charge < -0.3 is 24.6 Å². The molecule has 0 radical (unpaired) electrons. The predicted octanol–water partition coefficient (Wildman–Crippen LogP) is 4.03. The number of ether oxygens (including phenoxy) is 1. The van der Waals surface area contributed by atoms with Crippen LogP contribution in [-0.4, -0.2) is 49.8 Å². The number of hydrogen-bond acceptors (Lipinski definition) is 5. The number of esters is 1. The van der Waals surface area contributed by atoms with Gasteiger partial charge in [0.05, 0.1) is 29.9 Å². The Labute approximate surface area is 209 Å². The van der Waals surface area contributed by atoms with Crippen LogP contribution in [0.4, 0.5) is 0 Å². The number of hydrogen-bond donors (Lipinski definition) is 2. The quantitative estimate of drug-likeness (QED) is 0.377. The summed E-state index contributed by atoms with van der Waals surface area (Å²) in [7, 11) is 0. The lowest BCUT2D eigenvalue weighted by atomic mass is 9.96. The summed E-state index contributed by atoms with van der Waals surface area (Å²) < 4.78 is 7.26. The molecule has 1 aromatic carbocycles. The van der Waals surface area contributed by atoms with Crippen molar-refractivity contribution in [2.45, 2.75) is 39.8 Å². The van der Waals surface area contributed by atoms with Gasteiger partial charge in [0, 0.05) is 23.3 Å². The molecule has 0 aliphatic carbocycles. The van der Waals surface area contributed by atoms with Gasteiger partial charge in [0.15, 0.2) is 5.11 Å². The zero-order valence-corrected chi connectivity index (χ0v) is 20.9. The van der Waals surface area contributed by atoms with Gasteiger partial charge in [0.2, 0.25) is 0 Å². The normalized spacial score (nSPS) is 17.4. The Bertz CT molecular complexity index is 1290. The predicted molar refractivity (Wildman–Crippen MR) is 136 cm³/mol. The Morgan fingerprint density at radius 2 is 1.94 bits per heavy atom. The van der Waals surface area contributed by atoms with Gasteiger partial charge in [0.1, 0.15) is 6.54 Å². The minimum absolute atomic E-state index is 0.00483. The molecule has 1 aliphatic heterocycles. The molecular formula is C26H28N4O4S. The standard InChI is InChI=1S/C26H28N4O4S/c1-5-34-22(31)14-29-24(23(28-26(29)35)20-8-6-7-11-27-20)19-12-16(3)30(17(19)4)21-13-18(25(32)33)10-9-15(21)2/h6-13,23-24H,5,14H2,1-4H3,(H,28,35)(H,32,33).